The lowest BCUT2D eigenvalue weighted by atomic mass is 10.0. The first-order valence-electron chi connectivity index (χ1n) is 9.36. The van der Waals surface area contributed by atoms with Gasteiger partial charge < -0.3 is 14.6 Å². The van der Waals surface area contributed by atoms with E-state index in [2.05, 4.69) is 24.1 Å². The van der Waals surface area contributed by atoms with Crippen LogP contribution in [0.25, 0.3) is 0 Å². The van der Waals surface area contributed by atoms with Gasteiger partial charge in [0.2, 0.25) is 11.8 Å². The Bertz CT molecular complexity index is 580. The number of rotatable bonds is 8. The minimum atomic E-state index is -0.435. The normalized spacial score (nSPS) is 18.4. The molecule has 25 heavy (non-hydrogen) atoms. The van der Waals surface area contributed by atoms with Crippen molar-refractivity contribution in [1.29, 1.82) is 0 Å². The molecule has 1 aromatic rings. The lowest BCUT2D eigenvalue weighted by Crippen LogP contribution is -2.56. The number of aryl methyl sites for hydroxylation is 1. The molecule has 1 aromatic heterocycles. The van der Waals surface area contributed by atoms with Gasteiger partial charge >= 0.3 is 0 Å². The molecule has 1 unspecified atom stereocenters. The van der Waals surface area contributed by atoms with Crippen molar-refractivity contribution in [2.45, 2.75) is 65.6 Å². The third-order valence-electron chi connectivity index (χ3n) is 5.01. The third-order valence-corrected chi connectivity index (χ3v) is 5.01. The Morgan fingerprint density at radius 1 is 1.36 bits per heavy atom. The minimum Gasteiger partial charge on any atom is -0.465 e. The fourth-order valence-corrected chi connectivity index (χ4v) is 3.59. The van der Waals surface area contributed by atoms with Gasteiger partial charge in [0.05, 0.1) is 19.0 Å². The van der Waals surface area contributed by atoms with E-state index in [0.717, 1.165) is 30.9 Å². The second-order valence-electron chi connectivity index (χ2n) is 6.64. The second kappa shape index (κ2) is 9.04. The molecular weight excluding hydrogens is 318 g/mol. The highest BCUT2D eigenvalue weighted by atomic mass is 16.3. The molecule has 140 valence electrons. The van der Waals surface area contributed by atoms with Crippen molar-refractivity contribution in [3.05, 3.63) is 23.7 Å². The summed E-state index contributed by atoms with van der Waals surface area (Å²) in [6.07, 6.45) is 2.08. The molecule has 0 bridgehead atoms. The smallest absolute Gasteiger partial charge is 0.237 e. The van der Waals surface area contributed by atoms with Crippen molar-refractivity contribution >= 4 is 11.8 Å². The Kier molecular flexibility index (Phi) is 7.05. The molecule has 0 aromatic carbocycles. The third kappa shape index (κ3) is 4.84. The highest BCUT2D eigenvalue weighted by Crippen LogP contribution is 2.18. The molecule has 0 radical (unpaired) electrons. The van der Waals surface area contributed by atoms with Crippen molar-refractivity contribution < 1.29 is 14.0 Å². The Balaban J connectivity index is 2.09. The van der Waals surface area contributed by atoms with Crippen LogP contribution in [-0.4, -0.2) is 53.3 Å². The molecule has 1 aliphatic rings. The van der Waals surface area contributed by atoms with E-state index < -0.39 is 6.04 Å². The van der Waals surface area contributed by atoms with Crippen LogP contribution in [0.4, 0.5) is 0 Å². The number of piperazine rings is 1. The summed E-state index contributed by atoms with van der Waals surface area (Å²) in [6, 6.07) is 3.66. The number of nitrogens with zero attached hydrogens (tertiary/aromatic N) is 2. The van der Waals surface area contributed by atoms with E-state index in [1.165, 1.54) is 0 Å². The van der Waals surface area contributed by atoms with Gasteiger partial charge in [-0.15, -0.1) is 0 Å². The summed E-state index contributed by atoms with van der Waals surface area (Å²) >= 11 is 0. The van der Waals surface area contributed by atoms with Crippen LogP contribution in [0.5, 0.6) is 0 Å². The first-order valence-corrected chi connectivity index (χ1v) is 9.36. The minimum absolute atomic E-state index is 0.0545. The summed E-state index contributed by atoms with van der Waals surface area (Å²) in [5.41, 5.74) is 0. The molecule has 6 heteroatoms. The summed E-state index contributed by atoms with van der Waals surface area (Å²) in [7, 11) is 0. The van der Waals surface area contributed by atoms with Gasteiger partial charge in [-0.05, 0) is 38.8 Å². The summed E-state index contributed by atoms with van der Waals surface area (Å²) in [6.45, 7) is 10.7. The Labute approximate surface area is 150 Å². The quantitative estimate of drug-likeness (QED) is 0.782. The molecule has 1 saturated heterocycles. The number of nitrogens with one attached hydrogen (secondary N) is 1. The molecule has 0 aliphatic carbocycles. The molecular formula is C19H31N3O3. The average molecular weight is 349 g/mol. The van der Waals surface area contributed by atoms with E-state index >= 15 is 0 Å². The largest absolute Gasteiger partial charge is 0.465 e. The van der Waals surface area contributed by atoms with E-state index in [0.29, 0.717) is 19.6 Å². The van der Waals surface area contributed by atoms with Gasteiger partial charge in [0.25, 0.3) is 0 Å². The molecule has 2 amide bonds. The maximum absolute atomic E-state index is 12.8. The predicted molar refractivity (Wildman–Crippen MR) is 97.0 cm³/mol. The van der Waals surface area contributed by atoms with Crippen molar-refractivity contribution in [3.63, 3.8) is 0 Å². The van der Waals surface area contributed by atoms with Gasteiger partial charge in [0, 0.05) is 25.7 Å². The zero-order valence-corrected chi connectivity index (χ0v) is 15.9. The lowest BCUT2D eigenvalue weighted by molar-refractivity contribution is -0.140. The number of amides is 2. The number of carbonyl (C=O) groups excluding carboxylic acids is 2. The van der Waals surface area contributed by atoms with Crippen LogP contribution < -0.4 is 5.32 Å². The Hall–Kier alpha value is -1.82. The lowest BCUT2D eigenvalue weighted by Gasteiger charge is -2.36. The van der Waals surface area contributed by atoms with Crippen LogP contribution in [0, 0.1) is 6.92 Å². The molecule has 2 rings (SSSR count). The summed E-state index contributed by atoms with van der Waals surface area (Å²) in [5, 5.41) is 2.89. The monoisotopic (exact) mass is 349 g/mol. The molecule has 0 spiro atoms. The highest BCUT2D eigenvalue weighted by Gasteiger charge is 2.34. The maximum atomic E-state index is 12.8. The van der Waals surface area contributed by atoms with Crippen LogP contribution in [-0.2, 0) is 16.1 Å². The van der Waals surface area contributed by atoms with Gasteiger partial charge in [0.1, 0.15) is 11.5 Å². The van der Waals surface area contributed by atoms with Gasteiger partial charge in [-0.2, -0.15) is 0 Å². The molecule has 1 aliphatic heterocycles. The zero-order valence-electron chi connectivity index (χ0n) is 15.9. The molecule has 2 heterocycles. The first-order chi connectivity index (χ1) is 12.0. The molecule has 6 nitrogen and oxygen atoms in total. The number of furan rings is 1. The second-order valence-corrected chi connectivity index (χ2v) is 6.64. The van der Waals surface area contributed by atoms with Crippen LogP contribution in [0.3, 0.4) is 0 Å². The summed E-state index contributed by atoms with van der Waals surface area (Å²) in [5.74, 6) is 1.68. The van der Waals surface area contributed by atoms with Crippen molar-refractivity contribution in [2.75, 3.05) is 19.6 Å². The topological polar surface area (TPSA) is 65.8 Å². The average Bonchev–Trinajstić information content (AvgIpc) is 3.00. The van der Waals surface area contributed by atoms with E-state index in [1.54, 1.807) is 0 Å². The Morgan fingerprint density at radius 2 is 2.08 bits per heavy atom. The number of hydrogen-bond donors (Lipinski definition) is 1. The van der Waals surface area contributed by atoms with E-state index in [4.69, 9.17) is 4.42 Å². The molecule has 1 atom stereocenters. The van der Waals surface area contributed by atoms with Crippen LogP contribution in [0.15, 0.2) is 16.5 Å². The maximum Gasteiger partial charge on any atom is 0.237 e. The van der Waals surface area contributed by atoms with Crippen molar-refractivity contribution in [2.24, 2.45) is 0 Å². The van der Waals surface area contributed by atoms with Gasteiger partial charge in [-0.25, -0.2) is 0 Å². The number of carbonyl (C=O) groups is 2. The number of hydrogen-bond acceptors (Lipinski definition) is 4. The summed E-state index contributed by atoms with van der Waals surface area (Å²) in [4.78, 5) is 29.2. The highest BCUT2D eigenvalue weighted by molar-refractivity contribution is 5.89. The standard InChI is InChI=1S/C19H31N3O3/c1-5-15(6-2)22(7-3)18(23)12-17-19(24)20-10-11-21(17)13-16-9-8-14(4)25-16/h8-9,15,17H,5-7,10-13H2,1-4H3,(H,20,24). The molecule has 0 saturated carbocycles. The zero-order chi connectivity index (χ0) is 18.4. The van der Waals surface area contributed by atoms with Crippen molar-refractivity contribution in [1.82, 2.24) is 15.1 Å². The molecule has 1 fully saturated rings. The molecule has 1 N–H and O–H groups in total. The fourth-order valence-electron chi connectivity index (χ4n) is 3.59. The van der Waals surface area contributed by atoms with Gasteiger partial charge in [-0.3, -0.25) is 14.5 Å². The van der Waals surface area contributed by atoms with Gasteiger partial charge in [0.15, 0.2) is 0 Å². The van der Waals surface area contributed by atoms with E-state index in [-0.39, 0.29) is 24.3 Å². The van der Waals surface area contributed by atoms with E-state index in [9.17, 15) is 9.59 Å². The van der Waals surface area contributed by atoms with Crippen LogP contribution in [0.2, 0.25) is 0 Å². The van der Waals surface area contributed by atoms with Crippen LogP contribution in [0.1, 0.15) is 51.6 Å². The summed E-state index contributed by atoms with van der Waals surface area (Å²) < 4.78 is 5.65. The van der Waals surface area contributed by atoms with Gasteiger partial charge in [-0.1, -0.05) is 13.8 Å². The van der Waals surface area contributed by atoms with Crippen LogP contribution >= 0.6 is 0 Å². The predicted octanol–water partition coefficient (Wildman–Crippen LogP) is 2.32. The van der Waals surface area contributed by atoms with Crippen molar-refractivity contribution in [3.8, 4) is 0 Å². The fraction of sp³-hybridized carbons (Fsp3) is 0.684. The first kappa shape index (κ1) is 19.5. The SMILES string of the molecule is CCC(CC)N(CC)C(=O)CC1C(=O)NCCN1Cc1ccc(C)o1. The Morgan fingerprint density at radius 3 is 2.64 bits per heavy atom. The van der Waals surface area contributed by atoms with E-state index in [1.807, 2.05) is 30.9 Å².